The summed E-state index contributed by atoms with van der Waals surface area (Å²) in [7, 11) is 0. The van der Waals surface area contributed by atoms with Crippen LogP contribution in [0.25, 0.3) is 12.2 Å². The van der Waals surface area contributed by atoms with Crippen LogP contribution in [0.1, 0.15) is 11.1 Å². The maximum atomic E-state index is 5.99. The molecule has 0 saturated carbocycles. The third-order valence-corrected chi connectivity index (χ3v) is 3.14. The molecule has 0 fully saturated rings. The van der Waals surface area contributed by atoms with Gasteiger partial charge in [-0.2, -0.15) is 0 Å². The number of hydrogen-bond acceptors (Lipinski definition) is 2. The number of ether oxygens (including phenoxy) is 1. The Bertz CT molecular complexity index is 647. The van der Waals surface area contributed by atoms with E-state index in [9.17, 15) is 0 Å². The summed E-state index contributed by atoms with van der Waals surface area (Å²) in [5.41, 5.74) is 3.26. The Morgan fingerprint density at radius 2 is 1.95 bits per heavy atom. The van der Waals surface area contributed by atoms with Crippen LogP contribution in [0.15, 0.2) is 54.4 Å². The van der Waals surface area contributed by atoms with Crippen molar-refractivity contribution in [1.29, 1.82) is 0 Å². The van der Waals surface area contributed by atoms with Crippen molar-refractivity contribution in [3.8, 4) is 5.75 Å². The molecule has 1 aliphatic rings. The fourth-order valence-electron chi connectivity index (χ4n) is 1.94. The first-order valence-electron chi connectivity index (χ1n) is 6.02. The lowest BCUT2D eigenvalue weighted by molar-refractivity contribution is 0.351. The minimum atomic E-state index is 0.580. The van der Waals surface area contributed by atoms with Gasteiger partial charge in [0.2, 0.25) is 0 Å². The fraction of sp³-hybridized carbons (Fsp3) is 0.0625. The fourth-order valence-corrected chi connectivity index (χ4v) is 2.12. The van der Waals surface area contributed by atoms with Gasteiger partial charge in [0.1, 0.15) is 12.4 Å². The Morgan fingerprint density at radius 3 is 2.79 bits per heavy atom. The molecule has 0 spiro atoms. The molecule has 0 unspecified atom stereocenters. The van der Waals surface area contributed by atoms with Crippen molar-refractivity contribution in [2.24, 2.45) is 0 Å². The lowest BCUT2D eigenvalue weighted by Crippen LogP contribution is -2.05. The molecule has 0 amide bonds. The van der Waals surface area contributed by atoms with Crippen LogP contribution in [0, 0.1) is 0 Å². The van der Waals surface area contributed by atoms with Gasteiger partial charge in [-0.25, -0.2) is 0 Å². The van der Waals surface area contributed by atoms with E-state index in [1.807, 2.05) is 36.4 Å². The first kappa shape index (κ1) is 12.0. The molecular weight excluding hydrogens is 258 g/mol. The maximum Gasteiger partial charge on any atom is 0.127 e. The van der Waals surface area contributed by atoms with Crippen molar-refractivity contribution in [3.05, 3.63) is 70.5 Å². The van der Waals surface area contributed by atoms with Gasteiger partial charge in [0.15, 0.2) is 0 Å². The predicted molar refractivity (Wildman–Crippen MR) is 78.2 cm³/mol. The van der Waals surface area contributed by atoms with Gasteiger partial charge in [-0.3, -0.25) is 4.98 Å². The third-order valence-electron chi connectivity index (χ3n) is 2.90. The lowest BCUT2D eigenvalue weighted by Gasteiger charge is -2.16. The number of fused-ring (bicyclic) bond motifs is 1. The Labute approximate surface area is 117 Å². The minimum absolute atomic E-state index is 0.580. The molecule has 0 radical (unpaired) electrons. The Morgan fingerprint density at radius 1 is 1.11 bits per heavy atom. The summed E-state index contributed by atoms with van der Waals surface area (Å²) in [5, 5.41) is 0.720. The second kappa shape index (κ2) is 5.29. The van der Waals surface area contributed by atoms with Crippen LogP contribution >= 0.6 is 11.6 Å². The van der Waals surface area contributed by atoms with E-state index in [4.69, 9.17) is 16.3 Å². The summed E-state index contributed by atoms with van der Waals surface area (Å²) in [6.07, 6.45) is 9.76. The van der Waals surface area contributed by atoms with Crippen molar-refractivity contribution >= 4 is 23.8 Å². The van der Waals surface area contributed by atoms with E-state index < -0.39 is 0 Å². The highest BCUT2D eigenvalue weighted by molar-refractivity contribution is 6.30. The number of pyridine rings is 1. The minimum Gasteiger partial charge on any atom is -0.488 e. The van der Waals surface area contributed by atoms with Crippen molar-refractivity contribution < 1.29 is 4.74 Å². The van der Waals surface area contributed by atoms with Crippen LogP contribution in [0.4, 0.5) is 0 Å². The zero-order chi connectivity index (χ0) is 13.1. The van der Waals surface area contributed by atoms with E-state index in [1.165, 1.54) is 0 Å². The van der Waals surface area contributed by atoms with E-state index >= 15 is 0 Å². The van der Waals surface area contributed by atoms with Crippen LogP contribution in [0.3, 0.4) is 0 Å². The van der Waals surface area contributed by atoms with Crippen LogP contribution in [0.5, 0.6) is 5.75 Å². The molecule has 1 aromatic heterocycles. The normalized spacial score (nSPS) is 13.8. The highest BCUT2D eigenvalue weighted by Crippen LogP contribution is 2.29. The highest BCUT2D eigenvalue weighted by Gasteiger charge is 2.09. The standard InChI is InChI=1S/C16H12ClNO/c17-15-3-4-16-14(10-15)9-13(11-19-16)2-1-12-5-7-18-8-6-12/h1-10H,11H2/b2-1+. The summed E-state index contributed by atoms with van der Waals surface area (Å²) in [4.78, 5) is 3.99. The van der Waals surface area contributed by atoms with Gasteiger partial charge in [-0.1, -0.05) is 23.8 Å². The smallest absolute Gasteiger partial charge is 0.127 e. The first-order chi connectivity index (χ1) is 9.31. The van der Waals surface area contributed by atoms with Gasteiger partial charge < -0.3 is 4.74 Å². The Kier molecular flexibility index (Phi) is 3.34. The van der Waals surface area contributed by atoms with E-state index in [-0.39, 0.29) is 0 Å². The third kappa shape index (κ3) is 2.85. The summed E-state index contributed by atoms with van der Waals surface area (Å²) < 4.78 is 5.69. The molecule has 0 saturated heterocycles. The molecule has 2 heterocycles. The molecule has 0 N–H and O–H groups in total. The van der Waals surface area contributed by atoms with Crippen molar-refractivity contribution in [3.63, 3.8) is 0 Å². The quantitative estimate of drug-likeness (QED) is 0.814. The number of rotatable bonds is 2. The molecule has 0 bridgehead atoms. The number of benzene rings is 1. The lowest BCUT2D eigenvalue weighted by atomic mass is 10.1. The van der Waals surface area contributed by atoms with E-state index in [2.05, 4.69) is 17.1 Å². The van der Waals surface area contributed by atoms with Gasteiger partial charge in [0.05, 0.1) is 0 Å². The summed E-state index contributed by atoms with van der Waals surface area (Å²) in [6, 6.07) is 9.58. The van der Waals surface area contributed by atoms with Crippen molar-refractivity contribution in [2.75, 3.05) is 6.61 Å². The molecule has 19 heavy (non-hydrogen) atoms. The zero-order valence-corrected chi connectivity index (χ0v) is 11.0. The summed E-state index contributed by atoms with van der Waals surface area (Å²) in [5.74, 6) is 0.880. The van der Waals surface area contributed by atoms with E-state index in [0.717, 1.165) is 27.5 Å². The molecule has 94 valence electrons. The molecule has 2 nitrogen and oxygen atoms in total. The number of halogens is 1. The molecule has 1 aliphatic heterocycles. The van der Waals surface area contributed by atoms with Gasteiger partial charge in [0.25, 0.3) is 0 Å². The van der Waals surface area contributed by atoms with Crippen LogP contribution in [-0.4, -0.2) is 11.6 Å². The predicted octanol–water partition coefficient (Wildman–Crippen LogP) is 4.22. The average molecular weight is 270 g/mol. The van der Waals surface area contributed by atoms with E-state index in [0.29, 0.717) is 6.61 Å². The number of hydrogen-bond donors (Lipinski definition) is 0. The SMILES string of the molecule is Clc1ccc2c(c1)C=C(/C=C/c1ccncc1)CO2. The average Bonchev–Trinajstić information content (AvgIpc) is 2.46. The van der Waals surface area contributed by atoms with Crippen LogP contribution in [-0.2, 0) is 0 Å². The van der Waals surface area contributed by atoms with Gasteiger partial charge in [0, 0.05) is 23.0 Å². The summed E-state index contributed by atoms with van der Waals surface area (Å²) in [6.45, 7) is 0.580. The summed E-state index contributed by atoms with van der Waals surface area (Å²) >= 11 is 5.99. The topological polar surface area (TPSA) is 22.1 Å². The number of aromatic nitrogens is 1. The highest BCUT2D eigenvalue weighted by atomic mass is 35.5. The molecule has 1 aromatic carbocycles. The first-order valence-corrected chi connectivity index (χ1v) is 6.40. The second-order valence-electron chi connectivity index (χ2n) is 4.30. The van der Waals surface area contributed by atoms with Gasteiger partial charge in [-0.05, 0) is 47.5 Å². The molecule has 2 aromatic rings. The largest absolute Gasteiger partial charge is 0.488 e. The Hall–Kier alpha value is -2.06. The molecule has 0 aliphatic carbocycles. The number of nitrogens with zero attached hydrogens (tertiary/aromatic N) is 1. The maximum absolute atomic E-state index is 5.99. The molecular formula is C16H12ClNO. The van der Waals surface area contributed by atoms with Crippen LogP contribution < -0.4 is 4.74 Å². The zero-order valence-electron chi connectivity index (χ0n) is 10.2. The molecule has 0 atom stereocenters. The second-order valence-corrected chi connectivity index (χ2v) is 4.74. The monoisotopic (exact) mass is 269 g/mol. The molecule has 3 heteroatoms. The van der Waals surface area contributed by atoms with E-state index in [1.54, 1.807) is 12.4 Å². The van der Waals surface area contributed by atoms with Crippen molar-refractivity contribution in [2.45, 2.75) is 0 Å². The van der Waals surface area contributed by atoms with Gasteiger partial charge in [-0.15, -0.1) is 0 Å². The molecule has 3 rings (SSSR count). The van der Waals surface area contributed by atoms with Crippen LogP contribution in [0.2, 0.25) is 5.02 Å². The van der Waals surface area contributed by atoms with Crippen molar-refractivity contribution in [1.82, 2.24) is 4.98 Å². The Balaban J connectivity index is 1.85. The van der Waals surface area contributed by atoms with Gasteiger partial charge >= 0.3 is 0 Å².